The fourth-order valence-electron chi connectivity index (χ4n) is 2.52. The minimum Gasteiger partial charge on any atom is -0.497 e. The Bertz CT molecular complexity index is 607. The molecule has 6 nitrogen and oxygen atoms in total. The van der Waals surface area contributed by atoms with E-state index in [-0.39, 0.29) is 5.91 Å². The Kier molecular flexibility index (Phi) is 4.65. The molecular weight excluding hydrogens is 300 g/mol. The van der Waals surface area contributed by atoms with Crippen molar-refractivity contribution in [3.63, 3.8) is 0 Å². The van der Waals surface area contributed by atoms with Crippen LogP contribution in [0.3, 0.4) is 0 Å². The van der Waals surface area contributed by atoms with E-state index in [1.54, 1.807) is 7.11 Å². The number of ether oxygens (including phenoxy) is 1. The molecule has 116 valence electrons. The van der Waals surface area contributed by atoms with E-state index >= 15 is 0 Å². The number of aromatic nitrogens is 2. The van der Waals surface area contributed by atoms with Gasteiger partial charge in [-0.3, -0.25) is 9.69 Å². The lowest BCUT2D eigenvalue weighted by atomic mass is 10.2. The van der Waals surface area contributed by atoms with E-state index in [0.29, 0.717) is 4.88 Å². The molecule has 0 spiro atoms. The molecule has 3 rings (SSSR count). The Morgan fingerprint density at radius 2 is 1.95 bits per heavy atom. The van der Waals surface area contributed by atoms with Crippen molar-refractivity contribution in [2.24, 2.45) is 0 Å². The first-order valence-corrected chi connectivity index (χ1v) is 7.95. The van der Waals surface area contributed by atoms with Crippen molar-refractivity contribution in [2.75, 3.05) is 33.3 Å². The van der Waals surface area contributed by atoms with Crippen molar-refractivity contribution < 1.29 is 9.53 Å². The average molecular weight is 318 g/mol. The third-order valence-corrected chi connectivity index (χ3v) is 4.45. The predicted octanol–water partition coefficient (Wildman–Crippen LogP) is 1.50. The van der Waals surface area contributed by atoms with Crippen molar-refractivity contribution >= 4 is 17.4 Å². The molecule has 0 atom stereocenters. The maximum atomic E-state index is 12.2. The number of carbonyl (C=O) groups is 1. The Morgan fingerprint density at radius 1 is 1.23 bits per heavy atom. The highest BCUT2D eigenvalue weighted by atomic mass is 32.1. The van der Waals surface area contributed by atoms with Crippen molar-refractivity contribution in [1.29, 1.82) is 0 Å². The SMILES string of the molecule is COc1ccc(CN2CCN(C(=O)c3cnns3)CC2)cc1. The normalized spacial score (nSPS) is 15.8. The molecule has 0 saturated carbocycles. The fraction of sp³-hybridized carbons (Fsp3) is 0.400. The summed E-state index contributed by atoms with van der Waals surface area (Å²) >= 11 is 1.15. The van der Waals surface area contributed by atoms with Crippen LogP contribution in [0.5, 0.6) is 5.75 Å². The molecule has 1 aliphatic rings. The van der Waals surface area contributed by atoms with Crippen LogP contribution in [0.25, 0.3) is 0 Å². The van der Waals surface area contributed by atoms with Crippen LogP contribution in [0.1, 0.15) is 15.2 Å². The minimum absolute atomic E-state index is 0.0408. The van der Waals surface area contributed by atoms with Crippen molar-refractivity contribution in [3.8, 4) is 5.75 Å². The summed E-state index contributed by atoms with van der Waals surface area (Å²) in [6.45, 7) is 4.14. The lowest BCUT2D eigenvalue weighted by Crippen LogP contribution is -2.48. The molecule has 0 bridgehead atoms. The van der Waals surface area contributed by atoms with Gasteiger partial charge in [0.2, 0.25) is 0 Å². The summed E-state index contributed by atoms with van der Waals surface area (Å²) in [6.07, 6.45) is 1.54. The van der Waals surface area contributed by atoms with Gasteiger partial charge in [-0.15, -0.1) is 5.10 Å². The Morgan fingerprint density at radius 3 is 2.55 bits per heavy atom. The van der Waals surface area contributed by atoms with Gasteiger partial charge >= 0.3 is 0 Å². The van der Waals surface area contributed by atoms with Crippen molar-refractivity contribution in [1.82, 2.24) is 19.4 Å². The molecule has 2 heterocycles. The van der Waals surface area contributed by atoms with E-state index in [4.69, 9.17) is 4.74 Å². The zero-order valence-electron chi connectivity index (χ0n) is 12.4. The van der Waals surface area contributed by atoms with Gasteiger partial charge in [0, 0.05) is 32.7 Å². The van der Waals surface area contributed by atoms with Gasteiger partial charge < -0.3 is 9.64 Å². The average Bonchev–Trinajstić information content (AvgIpc) is 3.10. The number of rotatable bonds is 4. The Hall–Kier alpha value is -1.99. The summed E-state index contributed by atoms with van der Waals surface area (Å²) < 4.78 is 8.91. The predicted molar refractivity (Wildman–Crippen MR) is 84.1 cm³/mol. The largest absolute Gasteiger partial charge is 0.497 e. The van der Waals surface area contributed by atoms with Crippen LogP contribution < -0.4 is 4.74 Å². The van der Waals surface area contributed by atoms with Crippen molar-refractivity contribution in [3.05, 3.63) is 40.9 Å². The quantitative estimate of drug-likeness (QED) is 0.855. The first kappa shape index (κ1) is 14.9. The molecule has 22 heavy (non-hydrogen) atoms. The van der Waals surface area contributed by atoms with E-state index in [2.05, 4.69) is 26.6 Å². The summed E-state index contributed by atoms with van der Waals surface area (Å²) in [5.74, 6) is 0.913. The molecule has 0 aliphatic carbocycles. The maximum Gasteiger partial charge on any atom is 0.267 e. The number of piperazine rings is 1. The second-order valence-electron chi connectivity index (χ2n) is 5.20. The number of methoxy groups -OCH3 is 1. The van der Waals surface area contributed by atoms with Crippen LogP contribution in [-0.4, -0.2) is 58.6 Å². The number of hydrogen-bond donors (Lipinski definition) is 0. The molecule has 0 N–H and O–H groups in total. The fourth-order valence-corrected chi connectivity index (χ4v) is 3.00. The molecular formula is C15H18N4O2S. The molecule has 1 aromatic carbocycles. The van der Waals surface area contributed by atoms with Crippen LogP contribution in [-0.2, 0) is 6.54 Å². The summed E-state index contributed by atoms with van der Waals surface area (Å²) in [5.41, 5.74) is 1.26. The zero-order valence-corrected chi connectivity index (χ0v) is 13.3. The van der Waals surface area contributed by atoms with Gasteiger partial charge in [-0.05, 0) is 29.2 Å². The highest BCUT2D eigenvalue weighted by molar-refractivity contribution is 7.07. The van der Waals surface area contributed by atoms with E-state index in [9.17, 15) is 4.79 Å². The second kappa shape index (κ2) is 6.85. The number of carbonyl (C=O) groups excluding carboxylic acids is 1. The van der Waals surface area contributed by atoms with Gasteiger partial charge in [-0.2, -0.15) is 0 Å². The summed E-state index contributed by atoms with van der Waals surface area (Å²) in [5, 5.41) is 3.72. The van der Waals surface area contributed by atoms with Gasteiger partial charge in [0.25, 0.3) is 5.91 Å². The minimum atomic E-state index is 0.0408. The van der Waals surface area contributed by atoms with E-state index in [0.717, 1.165) is 50.0 Å². The smallest absolute Gasteiger partial charge is 0.267 e. The number of hydrogen-bond acceptors (Lipinski definition) is 6. The van der Waals surface area contributed by atoms with Crippen LogP contribution in [0.15, 0.2) is 30.5 Å². The summed E-state index contributed by atoms with van der Waals surface area (Å²) in [6, 6.07) is 8.12. The van der Waals surface area contributed by atoms with Gasteiger partial charge in [0.05, 0.1) is 13.3 Å². The molecule has 0 unspecified atom stereocenters. The van der Waals surface area contributed by atoms with Gasteiger partial charge in [0.1, 0.15) is 10.6 Å². The molecule has 0 radical (unpaired) electrons. The zero-order chi connectivity index (χ0) is 15.4. The van der Waals surface area contributed by atoms with Gasteiger partial charge in [-0.25, -0.2) is 0 Å². The summed E-state index contributed by atoms with van der Waals surface area (Å²) in [7, 11) is 1.67. The highest BCUT2D eigenvalue weighted by Gasteiger charge is 2.23. The van der Waals surface area contributed by atoms with E-state index in [1.807, 2.05) is 17.0 Å². The lowest BCUT2D eigenvalue weighted by Gasteiger charge is -2.34. The number of amides is 1. The standard InChI is InChI=1S/C15H18N4O2S/c1-21-13-4-2-12(3-5-13)11-18-6-8-19(9-7-18)15(20)14-10-16-17-22-14/h2-5,10H,6-9,11H2,1H3. The lowest BCUT2D eigenvalue weighted by molar-refractivity contribution is 0.0633. The van der Waals surface area contributed by atoms with Gasteiger partial charge in [-0.1, -0.05) is 16.6 Å². The second-order valence-corrected chi connectivity index (χ2v) is 5.98. The monoisotopic (exact) mass is 318 g/mol. The van der Waals surface area contributed by atoms with Crippen LogP contribution in [0.2, 0.25) is 0 Å². The summed E-state index contributed by atoms with van der Waals surface area (Å²) in [4.78, 5) is 17.1. The third-order valence-electron chi connectivity index (χ3n) is 3.80. The van der Waals surface area contributed by atoms with Gasteiger partial charge in [0.15, 0.2) is 0 Å². The maximum absolute atomic E-state index is 12.2. The molecule has 1 amide bonds. The molecule has 7 heteroatoms. The first-order valence-electron chi connectivity index (χ1n) is 7.18. The van der Waals surface area contributed by atoms with Crippen LogP contribution in [0.4, 0.5) is 0 Å². The Balaban J connectivity index is 1.52. The first-order chi connectivity index (χ1) is 10.8. The van der Waals surface area contributed by atoms with Crippen molar-refractivity contribution in [2.45, 2.75) is 6.54 Å². The van der Waals surface area contributed by atoms with Crippen LogP contribution >= 0.6 is 11.5 Å². The Labute approximate surface area is 133 Å². The number of benzene rings is 1. The molecule has 1 aliphatic heterocycles. The van der Waals surface area contributed by atoms with Crippen LogP contribution in [0, 0.1) is 0 Å². The molecule has 1 aromatic heterocycles. The highest BCUT2D eigenvalue weighted by Crippen LogP contribution is 2.15. The number of nitrogens with zero attached hydrogens (tertiary/aromatic N) is 4. The van der Waals surface area contributed by atoms with E-state index in [1.165, 1.54) is 11.8 Å². The molecule has 2 aromatic rings. The molecule has 1 saturated heterocycles. The molecule has 1 fully saturated rings. The van der Waals surface area contributed by atoms with E-state index < -0.39 is 0 Å². The topological polar surface area (TPSA) is 58.6 Å². The third kappa shape index (κ3) is 3.42.